The zero-order chi connectivity index (χ0) is 20.4. The maximum atomic E-state index is 13.2. The first-order valence-corrected chi connectivity index (χ1v) is 8.60. The number of aromatic nitrogens is 2. The fourth-order valence-corrected chi connectivity index (χ4v) is 3.51. The van der Waals surface area contributed by atoms with Crippen LogP contribution < -0.4 is 5.48 Å². The molecule has 0 radical (unpaired) electrons. The van der Waals surface area contributed by atoms with Gasteiger partial charge in [0.15, 0.2) is 5.69 Å². The van der Waals surface area contributed by atoms with E-state index in [1.54, 1.807) is 43.8 Å². The second-order valence-electron chi connectivity index (χ2n) is 6.03. The van der Waals surface area contributed by atoms with Gasteiger partial charge in [-0.1, -0.05) is 13.8 Å². The number of alkyl halides is 3. The molecule has 0 spiro atoms. The van der Waals surface area contributed by atoms with Crippen molar-refractivity contribution in [3.05, 3.63) is 39.6 Å². The fraction of sp³-hybridized carbons (Fsp3) is 0.375. The Hall–Kier alpha value is -2.53. The topological polar surface area (TPSA) is 96.6 Å². The summed E-state index contributed by atoms with van der Waals surface area (Å²) in [6, 6.07) is 3.23. The Morgan fingerprint density at radius 1 is 1.41 bits per heavy atom. The second kappa shape index (κ2) is 8.01. The number of nitrogens with zero attached hydrogens (tertiary/aromatic N) is 3. The number of aliphatic imine (C=N–C) groups is 1. The Bertz CT molecular complexity index is 871. The molecular formula is C16H17F3N4O3S. The fourth-order valence-electron chi connectivity index (χ4n) is 2.29. The average molecular weight is 402 g/mol. The Balaban J connectivity index is 2.41. The van der Waals surface area contributed by atoms with E-state index in [1.165, 1.54) is 11.7 Å². The summed E-state index contributed by atoms with van der Waals surface area (Å²) in [4.78, 5) is 30.4. The minimum atomic E-state index is -4.87. The molecule has 0 aromatic carbocycles. The van der Waals surface area contributed by atoms with Gasteiger partial charge >= 0.3 is 6.18 Å². The summed E-state index contributed by atoms with van der Waals surface area (Å²) in [5.41, 5.74) is 0.127. The number of thiazole rings is 1. The highest BCUT2D eigenvalue weighted by Gasteiger charge is 2.40. The maximum absolute atomic E-state index is 13.2. The molecule has 0 bridgehead atoms. The molecule has 11 heteroatoms. The molecule has 2 amide bonds. The molecule has 2 rings (SSSR count). The zero-order valence-corrected chi connectivity index (χ0v) is 15.4. The van der Waals surface area contributed by atoms with Gasteiger partial charge in [-0.2, -0.15) is 13.2 Å². The summed E-state index contributed by atoms with van der Waals surface area (Å²) in [6.07, 6.45) is -1.97. The first-order chi connectivity index (χ1) is 12.6. The number of halogens is 3. The first-order valence-electron chi connectivity index (χ1n) is 7.78. The van der Waals surface area contributed by atoms with Crippen molar-refractivity contribution >= 4 is 29.4 Å². The van der Waals surface area contributed by atoms with Crippen LogP contribution in [0.15, 0.2) is 23.3 Å². The highest BCUT2D eigenvalue weighted by atomic mass is 32.1. The quantitative estimate of drug-likeness (QED) is 0.456. The summed E-state index contributed by atoms with van der Waals surface area (Å²) in [7, 11) is 1.67. The van der Waals surface area contributed by atoms with Gasteiger partial charge in [0.25, 0.3) is 11.8 Å². The monoisotopic (exact) mass is 402 g/mol. The van der Waals surface area contributed by atoms with Gasteiger partial charge in [-0.05, 0) is 18.1 Å². The summed E-state index contributed by atoms with van der Waals surface area (Å²) in [6.45, 7) is 3.45. The van der Waals surface area contributed by atoms with Crippen molar-refractivity contribution in [1.29, 1.82) is 0 Å². The molecule has 2 N–H and O–H groups in total. The van der Waals surface area contributed by atoms with Crippen LogP contribution in [-0.2, 0) is 13.2 Å². The van der Waals surface area contributed by atoms with E-state index >= 15 is 0 Å². The largest absolute Gasteiger partial charge is 0.435 e. The third kappa shape index (κ3) is 4.61. The van der Waals surface area contributed by atoms with Crippen molar-refractivity contribution in [2.24, 2.45) is 18.0 Å². The molecule has 0 saturated heterocycles. The van der Waals surface area contributed by atoms with E-state index in [-0.39, 0.29) is 10.9 Å². The van der Waals surface area contributed by atoms with Crippen LogP contribution in [0.4, 0.5) is 13.2 Å². The van der Waals surface area contributed by atoms with Crippen molar-refractivity contribution in [1.82, 2.24) is 15.0 Å². The lowest BCUT2D eigenvalue weighted by molar-refractivity contribution is -0.141. The predicted octanol–water partition coefficient (Wildman–Crippen LogP) is 3.27. The van der Waals surface area contributed by atoms with E-state index in [0.717, 1.165) is 0 Å². The van der Waals surface area contributed by atoms with Gasteiger partial charge in [0.1, 0.15) is 15.6 Å². The Labute approximate surface area is 156 Å². The van der Waals surface area contributed by atoms with Crippen LogP contribution in [0.3, 0.4) is 0 Å². The standard InChI is InChI=1S/C16H17F3N4O3S/c1-8(2)9(7-20-13(24)10-5-4-6-23(10)3)15-21-12(16(17,18)19)11(27-15)14(25)22-26/h4-9,26H,1-3H3,(H,22,25). The summed E-state index contributed by atoms with van der Waals surface area (Å²) in [5.74, 6) is -2.81. The average Bonchev–Trinajstić information content (AvgIpc) is 3.20. The normalized spacial score (nSPS) is 13.3. The smallest absolute Gasteiger partial charge is 0.347 e. The molecule has 0 aliphatic rings. The van der Waals surface area contributed by atoms with Crippen LogP contribution in [0.25, 0.3) is 0 Å². The lowest BCUT2D eigenvalue weighted by Crippen LogP contribution is -2.21. The predicted molar refractivity (Wildman–Crippen MR) is 92.2 cm³/mol. The highest BCUT2D eigenvalue weighted by molar-refractivity contribution is 7.14. The van der Waals surface area contributed by atoms with Crippen molar-refractivity contribution in [2.45, 2.75) is 25.9 Å². The van der Waals surface area contributed by atoms with Crippen molar-refractivity contribution in [3.8, 4) is 0 Å². The number of hydroxylamine groups is 1. The molecule has 0 saturated carbocycles. The molecule has 1 unspecified atom stereocenters. The van der Waals surface area contributed by atoms with Gasteiger partial charge in [0, 0.05) is 25.4 Å². The van der Waals surface area contributed by atoms with Gasteiger partial charge in [-0.15, -0.1) is 11.3 Å². The van der Waals surface area contributed by atoms with Crippen molar-refractivity contribution in [2.75, 3.05) is 0 Å². The lowest BCUT2D eigenvalue weighted by atomic mass is 9.98. The van der Waals surface area contributed by atoms with Crippen LogP contribution in [-0.4, -0.2) is 32.8 Å². The number of hydrogen-bond acceptors (Lipinski definition) is 5. The van der Waals surface area contributed by atoms with Crippen LogP contribution in [0.1, 0.15) is 50.6 Å². The summed E-state index contributed by atoms with van der Waals surface area (Å²) < 4.78 is 41.0. The second-order valence-corrected chi connectivity index (χ2v) is 7.06. The Morgan fingerprint density at radius 2 is 2.07 bits per heavy atom. The first kappa shape index (κ1) is 20.8. The van der Waals surface area contributed by atoms with Gasteiger partial charge in [0.2, 0.25) is 0 Å². The molecule has 2 aromatic rings. The van der Waals surface area contributed by atoms with E-state index in [4.69, 9.17) is 5.21 Å². The van der Waals surface area contributed by atoms with Gasteiger partial charge in [-0.3, -0.25) is 14.8 Å². The van der Waals surface area contributed by atoms with E-state index < -0.39 is 34.5 Å². The maximum Gasteiger partial charge on any atom is 0.435 e. The van der Waals surface area contributed by atoms with E-state index in [2.05, 4.69) is 9.98 Å². The van der Waals surface area contributed by atoms with Crippen molar-refractivity contribution < 1.29 is 28.0 Å². The molecule has 0 aliphatic heterocycles. The third-order valence-electron chi connectivity index (χ3n) is 3.74. The minimum Gasteiger partial charge on any atom is -0.347 e. The molecule has 2 aromatic heterocycles. The van der Waals surface area contributed by atoms with E-state index in [0.29, 0.717) is 17.0 Å². The van der Waals surface area contributed by atoms with Gasteiger partial charge < -0.3 is 4.57 Å². The number of rotatable bonds is 5. The van der Waals surface area contributed by atoms with E-state index in [1.807, 2.05) is 0 Å². The molecule has 7 nitrogen and oxygen atoms in total. The van der Waals surface area contributed by atoms with Gasteiger partial charge in [-0.25, -0.2) is 15.5 Å². The number of carbonyl (C=O) groups excluding carboxylic acids is 2. The summed E-state index contributed by atoms with van der Waals surface area (Å²) in [5, 5.41) is 8.65. The summed E-state index contributed by atoms with van der Waals surface area (Å²) >= 11 is 0.497. The molecule has 0 fully saturated rings. The highest BCUT2D eigenvalue weighted by Crippen LogP contribution is 2.37. The van der Waals surface area contributed by atoms with Crippen LogP contribution in [0.2, 0.25) is 0 Å². The number of carbonyl (C=O) groups is 2. The number of hydrogen-bond donors (Lipinski definition) is 2. The number of amides is 2. The Kier molecular flexibility index (Phi) is 6.16. The lowest BCUT2D eigenvalue weighted by Gasteiger charge is -2.13. The van der Waals surface area contributed by atoms with E-state index in [9.17, 15) is 22.8 Å². The molecule has 146 valence electrons. The zero-order valence-electron chi connectivity index (χ0n) is 14.6. The third-order valence-corrected chi connectivity index (χ3v) is 4.89. The Morgan fingerprint density at radius 3 is 2.56 bits per heavy atom. The SMILES string of the molecule is CC(C)C(C=NC(=O)c1cccn1C)c1nc(C(F)(F)F)c(C(=O)NO)s1. The van der Waals surface area contributed by atoms with Crippen LogP contribution >= 0.6 is 11.3 Å². The van der Waals surface area contributed by atoms with Crippen LogP contribution in [0.5, 0.6) is 0 Å². The molecule has 2 heterocycles. The minimum absolute atomic E-state index is 0.0284. The molecule has 27 heavy (non-hydrogen) atoms. The number of nitrogens with one attached hydrogen (secondary N) is 1. The number of aryl methyl sites for hydroxylation is 1. The molecule has 1 atom stereocenters. The van der Waals surface area contributed by atoms with Gasteiger partial charge in [0.05, 0.1) is 0 Å². The van der Waals surface area contributed by atoms with Crippen LogP contribution in [0, 0.1) is 5.92 Å². The van der Waals surface area contributed by atoms with Crippen molar-refractivity contribution in [3.63, 3.8) is 0 Å². The molecular weight excluding hydrogens is 385 g/mol. The molecule has 0 aliphatic carbocycles.